The van der Waals surface area contributed by atoms with Crippen LogP contribution in [0, 0.1) is 6.92 Å². The molecule has 0 saturated carbocycles. The van der Waals surface area contributed by atoms with Gasteiger partial charge in [0.1, 0.15) is 0 Å². The van der Waals surface area contributed by atoms with Gasteiger partial charge in [0.05, 0.1) is 17.4 Å². The highest BCUT2D eigenvalue weighted by Crippen LogP contribution is 2.18. The largest absolute Gasteiger partial charge is 0.354 e. The highest BCUT2D eigenvalue weighted by molar-refractivity contribution is 5.38. The Hall–Kier alpha value is -1.95. The van der Waals surface area contributed by atoms with Crippen LogP contribution >= 0.6 is 0 Å². The van der Waals surface area contributed by atoms with Crippen molar-refractivity contribution >= 4 is 5.82 Å². The molecule has 2 aromatic heterocycles. The van der Waals surface area contributed by atoms with Gasteiger partial charge in [-0.25, -0.2) is 0 Å². The lowest BCUT2D eigenvalue weighted by atomic mass is 10.1. The van der Waals surface area contributed by atoms with Crippen LogP contribution in [0.1, 0.15) is 44.9 Å². The molecule has 6 nitrogen and oxygen atoms in total. The molecule has 0 radical (unpaired) electrons. The van der Waals surface area contributed by atoms with E-state index >= 15 is 0 Å². The van der Waals surface area contributed by atoms with Crippen LogP contribution < -0.4 is 10.2 Å². The maximum absolute atomic E-state index is 4.47. The molecule has 1 N–H and O–H groups in total. The molecule has 1 fully saturated rings. The van der Waals surface area contributed by atoms with E-state index in [1.165, 1.54) is 18.4 Å². The van der Waals surface area contributed by atoms with Crippen molar-refractivity contribution in [2.45, 2.75) is 58.7 Å². The molecule has 1 aliphatic heterocycles. The molecule has 3 rings (SSSR count). The number of aryl methyl sites for hydroxylation is 1. The predicted molar refractivity (Wildman–Crippen MR) is 96.1 cm³/mol. The summed E-state index contributed by atoms with van der Waals surface area (Å²) >= 11 is 0. The fourth-order valence-corrected chi connectivity index (χ4v) is 2.99. The van der Waals surface area contributed by atoms with E-state index < -0.39 is 0 Å². The Morgan fingerprint density at radius 1 is 1.25 bits per heavy atom. The summed E-state index contributed by atoms with van der Waals surface area (Å²) in [6, 6.07) is 4.57. The number of nitrogens with zero attached hydrogens (tertiary/aromatic N) is 5. The van der Waals surface area contributed by atoms with Crippen molar-refractivity contribution in [3.8, 4) is 0 Å². The minimum Gasteiger partial charge on any atom is -0.354 e. The van der Waals surface area contributed by atoms with Gasteiger partial charge >= 0.3 is 0 Å². The molecule has 24 heavy (non-hydrogen) atoms. The van der Waals surface area contributed by atoms with Crippen molar-refractivity contribution in [3.05, 3.63) is 35.8 Å². The van der Waals surface area contributed by atoms with Crippen molar-refractivity contribution < 1.29 is 0 Å². The minimum absolute atomic E-state index is 0.0317. The SMILES string of the molecule is Cc1ccc(N2CCC[C@H](NCc3cnn(C(C)(C)C)c3)C2)nn1. The zero-order valence-corrected chi connectivity index (χ0v) is 15.2. The fraction of sp³-hybridized carbons (Fsp3) is 0.611. The van der Waals surface area contributed by atoms with Crippen molar-refractivity contribution in [2.24, 2.45) is 0 Å². The Labute approximate surface area is 144 Å². The second-order valence-electron chi connectivity index (χ2n) is 7.66. The molecular formula is C18H28N6. The van der Waals surface area contributed by atoms with Gasteiger partial charge in [-0.2, -0.15) is 10.2 Å². The van der Waals surface area contributed by atoms with E-state index in [0.717, 1.165) is 31.1 Å². The molecule has 1 saturated heterocycles. The highest BCUT2D eigenvalue weighted by Gasteiger charge is 2.21. The van der Waals surface area contributed by atoms with Gasteiger partial charge in [0.2, 0.25) is 0 Å². The molecule has 1 atom stereocenters. The average molecular weight is 328 g/mol. The van der Waals surface area contributed by atoms with E-state index in [1.807, 2.05) is 23.9 Å². The average Bonchev–Trinajstić information content (AvgIpc) is 3.03. The number of hydrogen-bond donors (Lipinski definition) is 1. The maximum Gasteiger partial charge on any atom is 0.151 e. The summed E-state index contributed by atoms with van der Waals surface area (Å²) in [4.78, 5) is 2.33. The van der Waals surface area contributed by atoms with Gasteiger partial charge in [0.25, 0.3) is 0 Å². The zero-order chi connectivity index (χ0) is 17.2. The molecule has 0 spiro atoms. The fourth-order valence-electron chi connectivity index (χ4n) is 2.99. The molecule has 6 heteroatoms. The number of piperidine rings is 1. The third kappa shape index (κ3) is 4.12. The summed E-state index contributed by atoms with van der Waals surface area (Å²) in [7, 11) is 0. The molecule has 0 aromatic carbocycles. The molecule has 130 valence electrons. The standard InChI is InChI=1S/C18H28N6/c1-14-7-8-17(22-21-14)23-9-5-6-16(13-23)19-10-15-11-20-24(12-15)18(2,3)4/h7-8,11-12,16,19H,5-6,9-10,13H2,1-4H3/t16-/m0/s1. The second-order valence-corrected chi connectivity index (χ2v) is 7.66. The van der Waals surface area contributed by atoms with Crippen LogP contribution in [0.3, 0.4) is 0 Å². The van der Waals surface area contributed by atoms with Crippen molar-refractivity contribution in [1.29, 1.82) is 0 Å². The summed E-state index contributed by atoms with van der Waals surface area (Å²) in [5, 5.41) is 16.6. The van der Waals surface area contributed by atoms with Gasteiger partial charge in [0.15, 0.2) is 5.82 Å². The van der Waals surface area contributed by atoms with Crippen molar-refractivity contribution in [1.82, 2.24) is 25.3 Å². The van der Waals surface area contributed by atoms with E-state index in [9.17, 15) is 0 Å². The first-order chi connectivity index (χ1) is 11.4. The monoisotopic (exact) mass is 328 g/mol. The zero-order valence-electron chi connectivity index (χ0n) is 15.2. The van der Waals surface area contributed by atoms with Crippen LogP contribution in [0.4, 0.5) is 5.82 Å². The Morgan fingerprint density at radius 3 is 2.75 bits per heavy atom. The summed E-state index contributed by atoms with van der Waals surface area (Å²) in [6.45, 7) is 11.3. The van der Waals surface area contributed by atoms with E-state index in [2.05, 4.69) is 58.5 Å². The summed E-state index contributed by atoms with van der Waals surface area (Å²) in [5.74, 6) is 0.979. The van der Waals surface area contributed by atoms with Gasteiger partial charge in [-0.3, -0.25) is 4.68 Å². The summed E-state index contributed by atoms with van der Waals surface area (Å²) < 4.78 is 2.03. The smallest absolute Gasteiger partial charge is 0.151 e. The molecular weight excluding hydrogens is 300 g/mol. The van der Waals surface area contributed by atoms with E-state index in [1.54, 1.807) is 0 Å². The van der Waals surface area contributed by atoms with Crippen LogP contribution in [0.5, 0.6) is 0 Å². The minimum atomic E-state index is 0.0317. The number of hydrogen-bond acceptors (Lipinski definition) is 5. The van der Waals surface area contributed by atoms with Crippen molar-refractivity contribution in [2.75, 3.05) is 18.0 Å². The maximum atomic E-state index is 4.47. The van der Waals surface area contributed by atoms with E-state index in [-0.39, 0.29) is 5.54 Å². The molecule has 0 unspecified atom stereocenters. The first-order valence-electron chi connectivity index (χ1n) is 8.74. The number of aromatic nitrogens is 4. The van der Waals surface area contributed by atoms with Gasteiger partial charge in [0, 0.05) is 37.4 Å². The van der Waals surface area contributed by atoms with Crippen LogP contribution in [-0.4, -0.2) is 39.1 Å². The van der Waals surface area contributed by atoms with Gasteiger partial charge < -0.3 is 10.2 Å². The van der Waals surface area contributed by atoms with Crippen LogP contribution in [-0.2, 0) is 12.1 Å². The molecule has 0 bridgehead atoms. The first-order valence-corrected chi connectivity index (χ1v) is 8.74. The quantitative estimate of drug-likeness (QED) is 0.934. The third-order valence-electron chi connectivity index (χ3n) is 4.45. The number of nitrogens with one attached hydrogen (secondary N) is 1. The molecule has 0 aliphatic carbocycles. The van der Waals surface area contributed by atoms with Crippen LogP contribution in [0.15, 0.2) is 24.5 Å². The topological polar surface area (TPSA) is 58.9 Å². The Bertz CT molecular complexity index is 655. The molecule has 2 aromatic rings. The number of anilines is 1. The highest BCUT2D eigenvalue weighted by atomic mass is 15.3. The van der Waals surface area contributed by atoms with Gasteiger partial charge in [-0.05, 0) is 52.7 Å². The first kappa shape index (κ1) is 16.9. The van der Waals surface area contributed by atoms with Gasteiger partial charge in [-0.1, -0.05) is 0 Å². The lowest BCUT2D eigenvalue weighted by Crippen LogP contribution is -2.45. The lowest BCUT2D eigenvalue weighted by Gasteiger charge is -2.33. The number of rotatable bonds is 4. The van der Waals surface area contributed by atoms with Crippen LogP contribution in [0.2, 0.25) is 0 Å². The van der Waals surface area contributed by atoms with Crippen molar-refractivity contribution in [3.63, 3.8) is 0 Å². The Morgan fingerprint density at radius 2 is 2.08 bits per heavy atom. The van der Waals surface area contributed by atoms with Crippen LogP contribution in [0.25, 0.3) is 0 Å². The molecule has 3 heterocycles. The third-order valence-corrected chi connectivity index (χ3v) is 4.45. The molecule has 1 aliphatic rings. The lowest BCUT2D eigenvalue weighted by molar-refractivity contribution is 0.355. The van der Waals surface area contributed by atoms with E-state index in [0.29, 0.717) is 6.04 Å². The summed E-state index contributed by atoms with van der Waals surface area (Å²) in [6.07, 6.45) is 6.47. The second kappa shape index (κ2) is 6.89. The summed E-state index contributed by atoms with van der Waals surface area (Å²) in [5.41, 5.74) is 2.22. The normalized spacial score (nSPS) is 18.8. The molecule has 0 amide bonds. The Kier molecular flexibility index (Phi) is 4.85. The van der Waals surface area contributed by atoms with E-state index in [4.69, 9.17) is 0 Å². The van der Waals surface area contributed by atoms with Gasteiger partial charge in [-0.15, -0.1) is 5.10 Å². The predicted octanol–water partition coefficient (Wildman–Crippen LogP) is 2.50. The Balaban J connectivity index is 1.56.